The van der Waals surface area contributed by atoms with Gasteiger partial charge < -0.3 is 4.42 Å². The van der Waals surface area contributed by atoms with Crippen molar-refractivity contribution in [3.8, 4) is 0 Å². The summed E-state index contributed by atoms with van der Waals surface area (Å²) in [5.41, 5.74) is 0.768. The summed E-state index contributed by atoms with van der Waals surface area (Å²) in [7, 11) is -1.98. The summed E-state index contributed by atoms with van der Waals surface area (Å²) >= 11 is 5.77. The Kier molecular flexibility index (Phi) is 4.65. The lowest BCUT2D eigenvalue weighted by molar-refractivity contribution is 0.410. The number of hydrogen-bond donors (Lipinski definition) is 0. The molecule has 0 fully saturated rings. The van der Waals surface area contributed by atoms with Gasteiger partial charge in [-0.05, 0) is 35.9 Å². The van der Waals surface area contributed by atoms with Crippen molar-refractivity contribution in [3.05, 3.63) is 64.4 Å². The summed E-state index contributed by atoms with van der Waals surface area (Å²) in [6.45, 7) is 0.195. The highest BCUT2D eigenvalue weighted by atomic mass is 35.5. The first kappa shape index (κ1) is 14.8. The molecule has 1 aromatic heterocycles. The van der Waals surface area contributed by atoms with Gasteiger partial charge in [0.2, 0.25) is 10.0 Å². The van der Waals surface area contributed by atoms with E-state index in [1.54, 1.807) is 36.4 Å². The van der Waals surface area contributed by atoms with Crippen LogP contribution in [0, 0.1) is 0 Å². The van der Waals surface area contributed by atoms with Crippen molar-refractivity contribution in [2.45, 2.75) is 6.54 Å². The van der Waals surface area contributed by atoms with Gasteiger partial charge >= 0.3 is 0 Å². The van der Waals surface area contributed by atoms with Gasteiger partial charge in [0.15, 0.2) is 0 Å². The maximum atomic E-state index is 12.1. The SMILES string of the molecule is CN(Cc1ccco1)S(=O)(=O)/C=C/c1ccc(Cl)cc1. The molecule has 0 atom stereocenters. The Bertz CT molecular complexity index is 676. The summed E-state index contributed by atoms with van der Waals surface area (Å²) in [4.78, 5) is 0. The Hall–Kier alpha value is -1.56. The fraction of sp³-hybridized carbons (Fsp3) is 0.143. The summed E-state index contributed by atoms with van der Waals surface area (Å²) in [6, 6.07) is 10.4. The average molecular weight is 312 g/mol. The van der Waals surface area contributed by atoms with Crippen molar-refractivity contribution in [3.63, 3.8) is 0 Å². The molecule has 2 rings (SSSR count). The zero-order chi connectivity index (χ0) is 14.6. The molecular weight excluding hydrogens is 298 g/mol. The number of furan rings is 1. The van der Waals surface area contributed by atoms with Gasteiger partial charge in [-0.15, -0.1) is 0 Å². The molecule has 0 amide bonds. The quantitative estimate of drug-likeness (QED) is 0.850. The summed E-state index contributed by atoms with van der Waals surface area (Å²) in [5.74, 6) is 0.593. The monoisotopic (exact) mass is 311 g/mol. The summed E-state index contributed by atoms with van der Waals surface area (Å²) in [5, 5.41) is 1.78. The van der Waals surface area contributed by atoms with E-state index in [4.69, 9.17) is 16.0 Å². The summed E-state index contributed by atoms with van der Waals surface area (Å²) in [6.07, 6.45) is 3.05. The van der Waals surface area contributed by atoms with Crippen molar-refractivity contribution in [2.24, 2.45) is 0 Å². The highest BCUT2D eigenvalue weighted by Crippen LogP contribution is 2.13. The number of sulfonamides is 1. The van der Waals surface area contributed by atoms with Crippen LogP contribution in [0.25, 0.3) is 6.08 Å². The van der Waals surface area contributed by atoms with Gasteiger partial charge in [0.1, 0.15) is 5.76 Å². The molecule has 2 aromatic rings. The third-order valence-corrected chi connectivity index (χ3v) is 4.43. The van der Waals surface area contributed by atoms with Gasteiger partial charge in [0, 0.05) is 17.5 Å². The minimum absolute atomic E-state index is 0.195. The van der Waals surface area contributed by atoms with E-state index in [1.165, 1.54) is 29.1 Å². The molecule has 20 heavy (non-hydrogen) atoms. The van der Waals surface area contributed by atoms with Gasteiger partial charge in [0.05, 0.1) is 12.8 Å². The van der Waals surface area contributed by atoms with E-state index in [9.17, 15) is 8.42 Å². The van der Waals surface area contributed by atoms with E-state index < -0.39 is 10.0 Å². The Morgan fingerprint density at radius 1 is 1.25 bits per heavy atom. The molecular formula is C14H14ClNO3S. The molecule has 0 bridgehead atoms. The fourth-order valence-corrected chi connectivity index (χ4v) is 2.52. The maximum Gasteiger partial charge on any atom is 0.236 e. The zero-order valence-electron chi connectivity index (χ0n) is 10.9. The normalized spacial score (nSPS) is 12.3. The minimum Gasteiger partial charge on any atom is -0.468 e. The second-order valence-electron chi connectivity index (χ2n) is 4.23. The first-order chi connectivity index (χ1) is 9.47. The predicted octanol–water partition coefficient (Wildman–Crippen LogP) is 3.37. The van der Waals surface area contributed by atoms with Crippen LogP contribution >= 0.6 is 11.6 Å². The number of halogens is 1. The van der Waals surface area contributed by atoms with Gasteiger partial charge in [-0.3, -0.25) is 0 Å². The molecule has 0 spiro atoms. The largest absolute Gasteiger partial charge is 0.468 e. The molecule has 0 radical (unpaired) electrons. The van der Waals surface area contributed by atoms with Crippen LogP contribution in [0.1, 0.15) is 11.3 Å². The molecule has 0 unspecified atom stereocenters. The lowest BCUT2D eigenvalue weighted by atomic mass is 10.2. The van der Waals surface area contributed by atoms with E-state index >= 15 is 0 Å². The van der Waals surface area contributed by atoms with Crippen molar-refractivity contribution < 1.29 is 12.8 Å². The van der Waals surface area contributed by atoms with E-state index in [1.807, 2.05) is 0 Å². The van der Waals surface area contributed by atoms with E-state index in [0.29, 0.717) is 10.8 Å². The highest BCUT2D eigenvalue weighted by Gasteiger charge is 2.15. The van der Waals surface area contributed by atoms with Crippen LogP contribution in [0.2, 0.25) is 5.02 Å². The van der Waals surface area contributed by atoms with Crippen LogP contribution in [0.3, 0.4) is 0 Å². The van der Waals surface area contributed by atoms with E-state index in [-0.39, 0.29) is 6.54 Å². The smallest absolute Gasteiger partial charge is 0.236 e. The molecule has 0 aliphatic heterocycles. The molecule has 106 valence electrons. The first-order valence-electron chi connectivity index (χ1n) is 5.90. The van der Waals surface area contributed by atoms with E-state index in [0.717, 1.165) is 5.56 Å². The predicted molar refractivity (Wildman–Crippen MR) is 79.6 cm³/mol. The zero-order valence-corrected chi connectivity index (χ0v) is 12.4. The lowest BCUT2D eigenvalue weighted by Crippen LogP contribution is -2.24. The van der Waals surface area contributed by atoms with Gasteiger partial charge in [-0.25, -0.2) is 8.42 Å². The van der Waals surface area contributed by atoms with Crippen molar-refractivity contribution in [1.82, 2.24) is 4.31 Å². The average Bonchev–Trinajstić information content (AvgIpc) is 2.91. The fourth-order valence-electron chi connectivity index (χ4n) is 1.55. The van der Waals surface area contributed by atoms with Crippen molar-refractivity contribution >= 4 is 27.7 Å². The third-order valence-electron chi connectivity index (χ3n) is 2.70. The molecule has 0 saturated carbocycles. The van der Waals surface area contributed by atoms with Crippen LogP contribution in [0.4, 0.5) is 0 Å². The second-order valence-corrected chi connectivity index (χ2v) is 6.60. The molecule has 6 heteroatoms. The van der Waals surface area contributed by atoms with Crippen molar-refractivity contribution in [2.75, 3.05) is 7.05 Å². The lowest BCUT2D eigenvalue weighted by Gasteiger charge is -2.12. The third kappa shape index (κ3) is 3.96. The van der Waals surface area contributed by atoms with Crippen molar-refractivity contribution in [1.29, 1.82) is 0 Å². The van der Waals surface area contributed by atoms with Crippen LogP contribution in [-0.2, 0) is 16.6 Å². The van der Waals surface area contributed by atoms with Crippen LogP contribution < -0.4 is 0 Å². The molecule has 1 aromatic carbocycles. The second kappa shape index (κ2) is 6.26. The molecule has 4 nitrogen and oxygen atoms in total. The van der Waals surface area contributed by atoms with Crippen LogP contribution in [-0.4, -0.2) is 19.8 Å². The topological polar surface area (TPSA) is 50.5 Å². The molecule has 0 aliphatic rings. The molecule has 0 saturated heterocycles. The van der Waals surface area contributed by atoms with Crippen LogP contribution in [0.5, 0.6) is 0 Å². The molecule has 0 N–H and O–H groups in total. The van der Waals surface area contributed by atoms with Gasteiger partial charge in [-0.2, -0.15) is 4.31 Å². The minimum atomic E-state index is -3.48. The number of benzene rings is 1. The first-order valence-corrected chi connectivity index (χ1v) is 7.78. The maximum absolute atomic E-state index is 12.1. The molecule has 0 aliphatic carbocycles. The number of nitrogens with zero attached hydrogens (tertiary/aromatic N) is 1. The van der Waals surface area contributed by atoms with Gasteiger partial charge in [0.25, 0.3) is 0 Å². The molecule has 1 heterocycles. The van der Waals surface area contributed by atoms with E-state index in [2.05, 4.69) is 0 Å². The number of rotatable bonds is 5. The Morgan fingerprint density at radius 2 is 1.95 bits per heavy atom. The highest BCUT2D eigenvalue weighted by molar-refractivity contribution is 7.92. The van der Waals surface area contributed by atoms with Crippen LogP contribution in [0.15, 0.2) is 52.5 Å². The Labute approximate surface area is 123 Å². The van der Waals surface area contributed by atoms with Gasteiger partial charge in [-0.1, -0.05) is 23.7 Å². The number of hydrogen-bond acceptors (Lipinski definition) is 3. The standard InChI is InChI=1S/C14H14ClNO3S/c1-16(11-14-3-2-9-19-14)20(17,18)10-8-12-4-6-13(15)7-5-12/h2-10H,11H2,1H3/b10-8+. The summed E-state index contributed by atoms with van der Waals surface area (Å²) < 4.78 is 30.5. The Balaban J connectivity index is 2.08. The Morgan fingerprint density at radius 3 is 2.55 bits per heavy atom.